The van der Waals surface area contributed by atoms with Crippen molar-refractivity contribution < 1.29 is 27.8 Å². The van der Waals surface area contributed by atoms with Crippen LogP contribution in [0.5, 0.6) is 5.75 Å². The van der Waals surface area contributed by atoms with E-state index in [1.54, 1.807) is 29.7 Å². The quantitative estimate of drug-likeness (QED) is 0.420. The second-order valence-electron chi connectivity index (χ2n) is 6.45. The molecule has 0 saturated carbocycles. The van der Waals surface area contributed by atoms with Gasteiger partial charge in [-0.3, -0.25) is 14.0 Å². The van der Waals surface area contributed by atoms with Gasteiger partial charge in [0.15, 0.2) is 17.2 Å². The highest BCUT2D eigenvalue weighted by atomic mass is 19.1. The summed E-state index contributed by atoms with van der Waals surface area (Å²) >= 11 is 0. The summed E-state index contributed by atoms with van der Waals surface area (Å²) in [6, 6.07) is 6.88. The van der Waals surface area contributed by atoms with E-state index in [2.05, 4.69) is 9.72 Å². The molecule has 152 valence electrons. The van der Waals surface area contributed by atoms with E-state index in [1.807, 2.05) is 0 Å². The molecule has 3 aromatic rings. The van der Waals surface area contributed by atoms with Gasteiger partial charge in [-0.15, -0.1) is 0 Å². The van der Waals surface area contributed by atoms with Gasteiger partial charge < -0.3 is 9.47 Å². The van der Waals surface area contributed by atoms with Crippen molar-refractivity contribution in [2.45, 2.75) is 32.8 Å². The maximum absolute atomic E-state index is 13.8. The van der Waals surface area contributed by atoms with Gasteiger partial charge in [-0.1, -0.05) is 6.07 Å². The Balaban J connectivity index is 1.82. The first kappa shape index (κ1) is 20.4. The fourth-order valence-electron chi connectivity index (χ4n) is 3.04. The zero-order valence-corrected chi connectivity index (χ0v) is 16.1. The maximum atomic E-state index is 13.8. The van der Waals surface area contributed by atoms with Crippen molar-refractivity contribution in [3.05, 3.63) is 65.1 Å². The van der Waals surface area contributed by atoms with E-state index in [4.69, 9.17) is 4.74 Å². The number of imidazole rings is 1. The smallest absolute Gasteiger partial charge is 0.305 e. The van der Waals surface area contributed by atoms with Crippen LogP contribution >= 0.6 is 0 Å². The Morgan fingerprint density at radius 2 is 1.83 bits per heavy atom. The number of aryl methyl sites for hydroxylation is 1. The highest BCUT2D eigenvalue weighted by Gasteiger charge is 2.19. The number of esters is 1. The molecule has 0 aliphatic carbocycles. The number of benzene rings is 1. The van der Waals surface area contributed by atoms with Crippen LogP contribution in [0.1, 0.15) is 41.0 Å². The Bertz CT molecular complexity index is 1040. The van der Waals surface area contributed by atoms with Crippen molar-refractivity contribution in [3.8, 4) is 5.75 Å². The monoisotopic (exact) mass is 402 g/mol. The third-order valence-electron chi connectivity index (χ3n) is 4.50. The van der Waals surface area contributed by atoms with Crippen molar-refractivity contribution >= 4 is 17.4 Å². The van der Waals surface area contributed by atoms with Crippen LogP contribution in [0.3, 0.4) is 0 Å². The molecule has 0 atom stereocenters. The SMILES string of the molecule is COC(=O)CCCC(=O)c1c(C)nc2c(OCc3c(F)cccc3F)cccn12. The van der Waals surface area contributed by atoms with Gasteiger partial charge in [-0.05, 0) is 37.6 Å². The van der Waals surface area contributed by atoms with E-state index in [1.165, 1.54) is 13.2 Å². The summed E-state index contributed by atoms with van der Waals surface area (Å²) in [5.74, 6) is -1.64. The third-order valence-corrected chi connectivity index (χ3v) is 4.50. The summed E-state index contributed by atoms with van der Waals surface area (Å²) in [6.45, 7) is 1.38. The molecule has 1 aromatic carbocycles. The van der Waals surface area contributed by atoms with Crippen LogP contribution in [0.4, 0.5) is 8.78 Å². The highest BCUT2D eigenvalue weighted by Crippen LogP contribution is 2.25. The number of halogens is 2. The Morgan fingerprint density at radius 3 is 2.52 bits per heavy atom. The Morgan fingerprint density at radius 1 is 1.10 bits per heavy atom. The van der Waals surface area contributed by atoms with Gasteiger partial charge in [-0.25, -0.2) is 13.8 Å². The number of methoxy groups -OCH3 is 1. The average molecular weight is 402 g/mol. The van der Waals surface area contributed by atoms with E-state index in [9.17, 15) is 18.4 Å². The first-order valence-corrected chi connectivity index (χ1v) is 9.05. The Hall–Kier alpha value is -3.29. The minimum absolute atomic E-state index is 0.153. The number of carbonyl (C=O) groups is 2. The molecule has 2 aromatic heterocycles. The zero-order chi connectivity index (χ0) is 21.0. The van der Waals surface area contributed by atoms with Gasteiger partial charge in [-0.2, -0.15) is 0 Å². The lowest BCUT2D eigenvalue weighted by atomic mass is 10.1. The van der Waals surface area contributed by atoms with E-state index >= 15 is 0 Å². The molecule has 0 spiro atoms. The molecule has 3 rings (SSSR count). The first-order valence-electron chi connectivity index (χ1n) is 9.05. The summed E-state index contributed by atoms with van der Waals surface area (Å²) in [7, 11) is 1.30. The second-order valence-corrected chi connectivity index (χ2v) is 6.45. The molecule has 0 radical (unpaired) electrons. The molecule has 8 heteroatoms. The zero-order valence-electron chi connectivity index (χ0n) is 16.1. The van der Waals surface area contributed by atoms with E-state index in [-0.39, 0.29) is 36.8 Å². The molecule has 0 amide bonds. The van der Waals surface area contributed by atoms with Crippen LogP contribution in [-0.4, -0.2) is 28.2 Å². The Labute approximate surface area is 166 Å². The lowest BCUT2D eigenvalue weighted by molar-refractivity contribution is -0.140. The van der Waals surface area contributed by atoms with E-state index < -0.39 is 11.6 Å². The summed E-state index contributed by atoms with van der Waals surface area (Å²) in [6.07, 6.45) is 2.34. The minimum atomic E-state index is -0.696. The minimum Gasteiger partial charge on any atom is -0.485 e. The summed E-state index contributed by atoms with van der Waals surface area (Å²) in [4.78, 5) is 28.2. The van der Waals surface area contributed by atoms with Gasteiger partial charge in [0.25, 0.3) is 0 Å². The van der Waals surface area contributed by atoms with Crippen molar-refractivity contribution in [1.82, 2.24) is 9.38 Å². The standard InChI is InChI=1S/C21H20F2N2O4/c1-13-20(17(26)8-4-10-19(27)28-2)25-11-5-9-18(21(25)24-13)29-12-14-15(22)6-3-7-16(14)23/h3,5-7,9,11H,4,8,10,12H2,1-2H3. The van der Waals surface area contributed by atoms with Crippen LogP contribution in [0, 0.1) is 18.6 Å². The lowest BCUT2D eigenvalue weighted by Gasteiger charge is -2.09. The van der Waals surface area contributed by atoms with Gasteiger partial charge in [0.05, 0.1) is 18.4 Å². The van der Waals surface area contributed by atoms with Gasteiger partial charge in [0, 0.05) is 19.0 Å². The fraction of sp³-hybridized carbons (Fsp3) is 0.286. The van der Waals surface area contributed by atoms with Crippen LogP contribution < -0.4 is 4.74 Å². The molecular weight excluding hydrogens is 382 g/mol. The second kappa shape index (κ2) is 8.81. The van der Waals surface area contributed by atoms with Crippen molar-refractivity contribution in [1.29, 1.82) is 0 Å². The van der Waals surface area contributed by atoms with Crippen molar-refractivity contribution in [2.75, 3.05) is 7.11 Å². The van der Waals surface area contributed by atoms with Crippen LogP contribution in [0.25, 0.3) is 5.65 Å². The molecular formula is C21H20F2N2O4. The van der Waals surface area contributed by atoms with E-state index in [0.29, 0.717) is 29.2 Å². The number of Topliss-reactive ketones (excluding diaryl/α,β-unsaturated/α-hetero) is 1. The van der Waals surface area contributed by atoms with Crippen LogP contribution in [0.2, 0.25) is 0 Å². The van der Waals surface area contributed by atoms with Crippen LogP contribution in [0.15, 0.2) is 36.5 Å². The topological polar surface area (TPSA) is 69.9 Å². The number of nitrogens with zero attached hydrogens (tertiary/aromatic N) is 2. The van der Waals surface area contributed by atoms with Crippen molar-refractivity contribution in [2.24, 2.45) is 0 Å². The van der Waals surface area contributed by atoms with Crippen molar-refractivity contribution in [3.63, 3.8) is 0 Å². The molecule has 2 heterocycles. The number of rotatable bonds is 8. The number of ether oxygens (including phenoxy) is 2. The predicted molar refractivity (Wildman–Crippen MR) is 101 cm³/mol. The summed E-state index contributed by atoms with van der Waals surface area (Å²) in [5, 5.41) is 0. The largest absolute Gasteiger partial charge is 0.485 e. The molecule has 29 heavy (non-hydrogen) atoms. The molecule has 0 saturated heterocycles. The molecule has 0 aliphatic rings. The number of pyridine rings is 1. The molecule has 0 bridgehead atoms. The maximum Gasteiger partial charge on any atom is 0.305 e. The molecule has 0 unspecified atom stereocenters. The molecule has 0 fully saturated rings. The lowest BCUT2D eigenvalue weighted by Crippen LogP contribution is -2.08. The van der Waals surface area contributed by atoms with E-state index in [0.717, 1.165) is 12.1 Å². The summed E-state index contributed by atoms with van der Waals surface area (Å²) < 4.78 is 39.4. The Kier molecular flexibility index (Phi) is 6.21. The molecule has 0 aliphatic heterocycles. The van der Waals surface area contributed by atoms with Gasteiger partial charge >= 0.3 is 5.97 Å². The average Bonchev–Trinajstić information content (AvgIpc) is 3.04. The summed E-state index contributed by atoms with van der Waals surface area (Å²) in [5.41, 5.74) is 1.07. The number of ketones is 1. The highest BCUT2D eigenvalue weighted by molar-refractivity contribution is 5.96. The number of hydrogen-bond acceptors (Lipinski definition) is 5. The normalized spacial score (nSPS) is 10.9. The van der Waals surface area contributed by atoms with Gasteiger partial charge in [0.2, 0.25) is 0 Å². The number of carbonyl (C=O) groups excluding carboxylic acids is 2. The molecule has 0 N–H and O–H groups in total. The molecule has 6 nitrogen and oxygen atoms in total. The number of aromatic nitrogens is 2. The number of fused-ring (bicyclic) bond motifs is 1. The predicted octanol–water partition coefficient (Wildman–Crippen LogP) is 4.03. The van der Waals surface area contributed by atoms with Gasteiger partial charge in [0.1, 0.15) is 23.9 Å². The third kappa shape index (κ3) is 4.42. The first-order chi connectivity index (χ1) is 13.9. The number of hydrogen-bond donors (Lipinski definition) is 0. The van der Waals surface area contributed by atoms with Crippen LogP contribution in [-0.2, 0) is 16.1 Å². The fourth-order valence-corrected chi connectivity index (χ4v) is 3.04.